The van der Waals surface area contributed by atoms with Crippen LogP contribution < -0.4 is 133 Å². The van der Waals surface area contributed by atoms with Crippen molar-refractivity contribution in [2.75, 3.05) is 50.2 Å². The van der Waals surface area contributed by atoms with Crippen molar-refractivity contribution in [3.05, 3.63) is 137 Å². The van der Waals surface area contributed by atoms with Gasteiger partial charge in [-0.05, 0) is 81.8 Å². The Labute approximate surface area is 498 Å². The fourth-order valence-corrected chi connectivity index (χ4v) is 7.52. The number of ether oxygens (including phenoxy) is 2. The second-order valence-corrected chi connectivity index (χ2v) is 17.4. The number of nitrogens with one attached hydrogen (secondary N) is 2. The van der Waals surface area contributed by atoms with Crippen molar-refractivity contribution in [1.82, 2.24) is 30.2 Å². The molecule has 9 rings (SSSR count). The number of halogens is 3. The average molecular weight is 1080 g/mol. The Morgan fingerprint density at radius 1 is 0.714 bits per heavy atom. The van der Waals surface area contributed by atoms with E-state index in [-0.39, 0.29) is 158 Å². The molecule has 3 saturated heterocycles. The van der Waals surface area contributed by atoms with Crippen molar-refractivity contribution in [2.24, 2.45) is 0 Å². The number of aromatic nitrogens is 4. The molecule has 3 fully saturated rings. The summed E-state index contributed by atoms with van der Waals surface area (Å²) in [5.41, 5.74) is 4.94. The number of anilines is 2. The molecule has 358 valence electrons. The second-order valence-electron chi connectivity index (χ2n) is 16.5. The van der Waals surface area contributed by atoms with Crippen molar-refractivity contribution in [2.45, 2.75) is 52.0 Å². The van der Waals surface area contributed by atoms with Crippen LogP contribution in [0.1, 0.15) is 38.8 Å². The Kier molecular flexibility index (Phi) is 22.6. The summed E-state index contributed by atoms with van der Waals surface area (Å²) >= 11 is 3.38. The zero-order chi connectivity index (χ0) is 49.2. The molecule has 0 bridgehead atoms. The van der Waals surface area contributed by atoms with Crippen molar-refractivity contribution < 1.29 is 155 Å². The van der Waals surface area contributed by atoms with E-state index in [0.29, 0.717) is 37.3 Å². The van der Waals surface area contributed by atoms with E-state index in [2.05, 4.69) is 36.3 Å². The minimum Gasteiger partial charge on any atom is -0.565 e. The predicted molar refractivity (Wildman–Crippen MR) is 253 cm³/mol. The number of urea groups is 2. The molecule has 5 heterocycles. The Morgan fingerprint density at radius 3 is 1.54 bits per heavy atom. The van der Waals surface area contributed by atoms with Gasteiger partial charge in [-0.1, -0.05) is 52.3 Å². The molecule has 0 aliphatic carbocycles. The molecule has 3 aliphatic rings. The van der Waals surface area contributed by atoms with E-state index in [1.165, 1.54) is 14.2 Å². The van der Waals surface area contributed by atoms with Crippen LogP contribution in [-0.2, 0) is 22.4 Å². The van der Waals surface area contributed by atoms with Crippen LogP contribution in [0.3, 0.4) is 0 Å². The van der Waals surface area contributed by atoms with Gasteiger partial charge in [0.25, 0.3) is 0 Å². The molecule has 0 saturated carbocycles. The average Bonchev–Trinajstić information content (AvgIpc) is 4.17. The van der Waals surface area contributed by atoms with Crippen molar-refractivity contribution in [1.29, 1.82) is 0 Å². The van der Waals surface area contributed by atoms with E-state index >= 15 is 0 Å². The number of carboxylic acid groups (broad SMARTS) is 2. The zero-order valence-electron chi connectivity index (χ0n) is 40.2. The predicted octanol–water partition coefficient (Wildman–Crippen LogP) is 1.31. The van der Waals surface area contributed by atoms with Gasteiger partial charge in [-0.3, -0.25) is 20.0 Å². The van der Waals surface area contributed by atoms with E-state index in [9.17, 15) is 18.4 Å². The Balaban J connectivity index is 0.000000225. The Morgan fingerprint density at radius 2 is 1.14 bits per heavy atom. The molecule has 3 aliphatic heterocycles. The van der Waals surface area contributed by atoms with Gasteiger partial charge in [-0.15, -0.1) is 0 Å². The van der Waals surface area contributed by atoms with Gasteiger partial charge >= 0.3 is 122 Å². The first-order valence-electron chi connectivity index (χ1n) is 21.3. The number of amides is 4. The van der Waals surface area contributed by atoms with Crippen LogP contribution in [0.2, 0.25) is 0 Å². The number of benzene rings is 4. The molecule has 0 radical (unpaired) electrons. The fourth-order valence-electron chi connectivity index (χ4n) is 7.25. The maximum Gasteiger partial charge on any atom is 1.00 e. The monoisotopic (exact) mass is 1080 g/mol. The van der Waals surface area contributed by atoms with Gasteiger partial charge in [0, 0.05) is 82.8 Å². The molecule has 2 aromatic heterocycles. The molecule has 0 spiro atoms. The first-order valence-corrected chi connectivity index (χ1v) is 22.1. The van der Waals surface area contributed by atoms with Crippen LogP contribution in [0.15, 0.2) is 114 Å². The Hall–Kier alpha value is -3.69. The van der Waals surface area contributed by atoms with E-state index in [1.807, 2.05) is 82.4 Å². The number of nitrogens with zero attached hydrogens (tertiary/aromatic N) is 6. The minimum atomic E-state index is -2.08. The van der Waals surface area contributed by atoms with Crippen molar-refractivity contribution in [3.63, 3.8) is 0 Å². The minimum absolute atomic E-state index is 0. The third-order valence-electron chi connectivity index (χ3n) is 11.6. The number of rotatable bonds is 10. The smallest absolute Gasteiger partial charge is 0.565 e. The van der Waals surface area contributed by atoms with Gasteiger partial charge in [-0.2, -0.15) is 10.2 Å². The van der Waals surface area contributed by atoms with Crippen LogP contribution >= 0.6 is 15.9 Å². The maximum absolute atomic E-state index is 14.4. The molecule has 4 amide bonds. The molecule has 0 atom stereocenters. The number of methoxy groups -OCH3 is 2. The third kappa shape index (κ3) is 14.9. The van der Waals surface area contributed by atoms with Crippen molar-refractivity contribution in [3.8, 4) is 22.6 Å². The summed E-state index contributed by atoms with van der Waals surface area (Å²) in [6, 6.07) is 25.0. The molecular formula is C47H51BBrF2K2N8O9+. The number of H-pyrrole nitrogens is 2. The van der Waals surface area contributed by atoms with Gasteiger partial charge in [0.05, 0.1) is 44.7 Å². The molecule has 17 nitrogen and oxygen atoms in total. The van der Waals surface area contributed by atoms with Gasteiger partial charge in [0.15, 0.2) is 23.1 Å². The van der Waals surface area contributed by atoms with Gasteiger partial charge in [0.2, 0.25) is 6.16 Å². The van der Waals surface area contributed by atoms with E-state index < -0.39 is 17.8 Å². The summed E-state index contributed by atoms with van der Waals surface area (Å²) in [6.07, 6.45) is 5.01. The molecule has 3 N–H and O–H groups in total. The van der Waals surface area contributed by atoms with E-state index in [1.54, 1.807) is 74.6 Å². The number of carbonyl (C=O) groups excluding carboxylic acids is 2. The fraction of sp³-hybridized carbons (Fsp3) is 0.298. The summed E-state index contributed by atoms with van der Waals surface area (Å²) in [4.78, 5) is 40.4. The molecule has 6 aromatic rings. The van der Waals surface area contributed by atoms with Crippen LogP contribution in [0.5, 0.6) is 11.5 Å². The van der Waals surface area contributed by atoms with Crippen LogP contribution in [0, 0.1) is 11.6 Å². The molecular weight excluding hydrogens is 1030 g/mol. The first-order chi connectivity index (χ1) is 32.4. The van der Waals surface area contributed by atoms with Crippen LogP contribution in [0.4, 0.5) is 34.5 Å². The molecule has 0 unspecified atom stereocenters. The SMILES string of the molecule is CC1(C)OB(c2cn[nH]c2)OC1(C)C.COc1cccc(CN2CCN(c3ccc(-c4cn[nH]c4)cc3)C2=O)c1F.COc1cccc(CN2CCN(c3ccc(Br)cc3)C2=O)c1F.O=C([O-])O.[K+].[K+]. The first kappa shape index (κ1) is 58.9. The maximum atomic E-state index is 14.4. The Bertz CT molecular complexity index is 2620. The third-order valence-corrected chi connectivity index (χ3v) is 12.2. The molecule has 70 heavy (non-hydrogen) atoms. The quantitative estimate of drug-likeness (QED) is 0.167. The van der Waals surface area contributed by atoms with Crippen LogP contribution in [-0.4, -0.2) is 112 Å². The number of aromatic amines is 2. The van der Waals surface area contributed by atoms with E-state index in [4.69, 9.17) is 33.8 Å². The summed E-state index contributed by atoms with van der Waals surface area (Å²) in [7, 11) is 2.55. The van der Waals surface area contributed by atoms with Crippen molar-refractivity contribution >= 4 is 58.1 Å². The van der Waals surface area contributed by atoms with Crippen LogP contribution in [0.25, 0.3) is 11.1 Å². The normalized spacial score (nSPS) is 15.4. The zero-order valence-corrected chi connectivity index (χ0v) is 48.1. The molecule has 23 heteroatoms. The largest absolute Gasteiger partial charge is 1.00 e. The van der Waals surface area contributed by atoms with Gasteiger partial charge in [-0.25, -0.2) is 18.4 Å². The molecule has 4 aromatic carbocycles. The summed E-state index contributed by atoms with van der Waals surface area (Å²) in [5.74, 6) is -0.453. The van der Waals surface area contributed by atoms with Gasteiger partial charge < -0.3 is 43.6 Å². The summed E-state index contributed by atoms with van der Waals surface area (Å²) in [5, 5.41) is 28.7. The standard InChI is InChI=1S/C20H19FN4O2.C17H16BrFN2O2.C9H15BN2O2.CH2O3.2K/c1-27-18-4-2-3-15(19(18)21)13-24-9-10-25(20(24)26)17-7-5-14(6-8-17)16-11-22-23-12-16;1-23-15-4-2-3-12(16(15)19)11-20-9-10-21(17(20)22)14-7-5-13(18)6-8-14;1-8(2)9(3,4)14-10(13-8)7-5-11-12-6-7;2-1(3)4;;/h2-8,11-12H,9-10,13H2,1H3,(H,22,23);2-8H,9-11H2,1H3;5-6H,1-4H3,(H,11,12);(H2,2,3,4);;/q;;;;2*+1/p-1. The second kappa shape index (κ2) is 26.8. The van der Waals surface area contributed by atoms with Gasteiger partial charge in [0.1, 0.15) is 0 Å². The van der Waals surface area contributed by atoms with E-state index in [0.717, 1.165) is 32.4 Å². The summed E-state index contributed by atoms with van der Waals surface area (Å²) in [6.45, 7) is 10.8. The number of hydrogen-bond donors (Lipinski definition) is 3. The number of carbonyl (C=O) groups is 3. The topological polar surface area (TPSA) is 202 Å². The summed E-state index contributed by atoms with van der Waals surface area (Å²) < 4.78 is 51.2. The number of hydrogen-bond acceptors (Lipinski definition) is 10.